The third-order valence-electron chi connectivity index (χ3n) is 4.08. The van der Waals surface area contributed by atoms with Gasteiger partial charge in [-0.05, 0) is 13.3 Å². The Labute approximate surface area is 135 Å². The summed E-state index contributed by atoms with van der Waals surface area (Å²) in [5.41, 5.74) is 1.30. The van der Waals surface area contributed by atoms with Crippen molar-refractivity contribution in [2.24, 2.45) is 0 Å². The van der Waals surface area contributed by atoms with Gasteiger partial charge in [0.25, 0.3) is 5.91 Å². The highest BCUT2D eigenvalue weighted by Crippen LogP contribution is 2.24. The van der Waals surface area contributed by atoms with Gasteiger partial charge in [-0.3, -0.25) is 4.79 Å². The second-order valence-corrected chi connectivity index (χ2v) is 5.70. The topological polar surface area (TPSA) is 74.0 Å². The minimum Gasteiger partial charge on any atom is -0.478 e. The first kappa shape index (κ1) is 15.6. The molecule has 7 nitrogen and oxygen atoms in total. The van der Waals surface area contributed by atoms with E-state index in [0.717, 1.165) is 49.6 Å². The lowest BCUT2D eigenvalue weighted by Crippen LogP contribution is -2.26. The van der Waals surface area contributed by atoms with Crippen LogP contribution in [0, 0.1) is 6.92 Å². The Morgan fingerprint density at radius 2 is 2.35 bits per heavy atom. The van der Waals surface area contributed by atoms with Crippen LogP contribution < -0.4 is 10.1 Å². The van der Waals surface area contributed by atoms with Crippen molar-refractivity contribution >= 4 is 5.91 Å². The molecular weight excluding hydrogens is 294 g/mol. The van der Waals surface area contributed by atoms with E-state index in [1.807, 2.05) is 19.3 Å². The second-order valence-electron chi connectivity index (χ2n) is 5.70. The van der Waals surface area contributed by atoms with Gasteiger partial charge < -0.3 is 14.6 Å². The van der Waals surface area contributed by atoms with Crippen LogP contribution in [0.2, 0.25) is 0 Å². The van der Waals surface area contributed by atoms with Crippen LogP contribution in [0.15, 0.2) is 12.4 Å². The summed E-state index contributed by atoms with van der Waals surface area (Å²) in [5, 5.41) is 7.32. The molecule has 0 aromatic carbocycles. The second kappa shape index (κ2) is 6.85. The molecule has 2 aromatic heterocycles. The van der Waals surface area contributed by atoms with E-state index < -0.39 is 0 Å². The lowest BCUT2D eigenvalue weighted by Gasteiger charge is -2.14. The monoisotopic (exact) mass is 317 g/mol. The van der Waals surface area contributed by atoms with Gasteiger partial charge in [0.05, 0.1) is 6.61 Å². The summed E-state index contributed by atoms with van der Waals surface area (Å²) in [7, 11) is 0. The van der Waals surface area contributed by atoms with Gasteiger partial charge in [-0.2, -0.15) is 5.10 Å². The van der Waals surface area contributed by atoms with E-state index in [2.05, 4.69) is 26.9 Å². The molecule has 0 aliphatic carbocycles. The molecular formula is C16H23N5O2. The number of aryl methyl sites for hydroxylation is 3. The van der Waals surface area contributed by atoms with Crippen LogP contribution in [0.1, 0.15) is 41.6 Å². The number of carbonyl (C=O) groups excluding carboxylic acids is 1. The molecule has 3 rings (SSSR count). The molecule has 1 aliphatic heterocycles. The largest absolute Gasteiger partial charge is 0.478 e. The highest BCUT2D eigenvalue weighted by molar-refractivity contribution is 5.94. The highest BCUT2D eigenvalue weighted by atomic mass is 16.5. The number of nitrogens with zero attached hydrogens (tertiary/aromatic N) is 4. The van der Waals surface area contributed by atoms with Crippen LogP contribution in [0.5, 0.6) is 5.88 Å². The molecule has 0 unspecified atom stereocenters. The summed E-state index contributed by atoms with van der Waals surface area (Å²) in [6, 6.07) is 0. The van der Waals surface area contributed by atoms with Gasteiger partial charge in [0.1, 0.15) is 5.82 Å². The molecule has 0 saturated carbocycles. The summed E-state index contributed by atoms with van der Waals surface area (Å²) >= 11 is 0. The van der Waals surface area contributed by atoms with Crippen molar-refractivity contribution in [1.29, 1.82) is 0 Å². The Bertz CT molecular complexity index is 689. The standard InChI is InChI=1S/C16H23N5O2/c1-3-13-17-7-10-20(13)8-4-6-18-15(22)14-12(2)16-21(19-14)9-5-11-23-16/h7,10H,3-6,8-9,11H2,1-2H3,(H,18,22). The number of imidazole rings is 1. The zero-order chi connectivity index (χ0) is 16.2. The number of carbonyl (C=O) groups is 1. The molecule has 0 fully saturated rings. The summed E-state index contributed by atoms with van der Waals surface area (Å²) in [6.07, 6.45) is 6.50. The number of hydrogen-bond donors (Lipinski definition) is 1. The minimum absolute atomic E-state index is 0.130. The molecule has 23 heavy (non-hydrogen) atoms. The first-order valence-corrected chi connectivity index (χ1v) is 8.19. The lowest BCUT2D eigenvalue weighted by atomic mass is 10.2. The van der Waals surface area contributed by atoms with Gasteiger partial charge in [0, 0.05) is 50.4 Å². The average Bonchev–Trinajstić information content (AvgIpc) is 3.16. The third kappa shape index (κ3) is 3.23. The maximum atomic E-state index is 12.3. The van der Waals surface area contributed by atoms with E-state index >= 15 is 0 Å². The Kier molecular flexibility index (Phi) is 4.64. The predicted octanol–water partition coefficient (Wildman–Crippen LogP) is 1.55. The van der Waals surface area contributed by atoms with Crippen LogP contribution in [0.25, 0.3) is 0 Å². The number of aromatic nitrogens is 4. The van der Waals surface area contributed by atoms with E-state index in [4.69, 9.17) is 4.74 Å². The van der Waals surface area contributed by atoms with Gasteiger partial charge in [-0.1, -0.05) is 6.92 Å². The van der Waals surface area contributed by atoms with Crippen LogP contribution >= 0.6 is 0 Å². The van der Waals surface area contributed by atoms with Crippen molar-refractivity contribution < 1.29 is 9.53 Å². The number of rotatable bonds is 6. The van der Waals surface area contributed by atoms with Crippen molar-refractivity contribution in [2.75, 3.05) is 13.2 Å². The van der Waals surface area contributed by atoms with Gasteiger partial charge in [-0.15, -0.1) is 0 Å². The molecule has 1 N–H and O–H groups in total. The summed E-state index contributed by atoms with van der Waals surface area (Å²) in [5.74, 6) is 1.67. The molecule has 7 heteroatoms. The maximum absolute atomic E-state index is 12.3. The van der Waals surface area contributed by atoms with Crippen LogP contribution in [0.3, 0.4) is 0 Å². The van der Waals surface area contributed by atoms with E-state index in [9.17, 15) is 4.79 Å². The van der Waals surface area contributed by atoms with Gasteiger partial charge >= 0.3 is 0 Å². The molecule has 0 atom stereocenters. The van der Waals surface area contributed by atoms with Crippen molar-refractivity contribution in [3.8, 4) is 5.88 Å². The Morgan fingerprint density at radius 1 is 1.48 bits per heavy atom. The lowest BCUT2D eigenvalue weighted by molar-refractivity contribution is 0.0946. The van der Waals surface area contributed by atoms with Gasteiger partial charge in [0.15, 0.2) is 5.69 Å². The minimum atomic E-state index is -0.130. The molecule has 2 aromatic rings. The zero-order valence-corrected chi connectivity index (χ0v) is 13.7. The SMILES string of the molecule is CCc1nccn1CCCNC(=O)c1nn2c(c1C)OCCC2. The smallest absolute Gasteiger partial charge is 0.272 e. The van der Waals surface area contributed by atoms with Gasteiger partial charge in [-0.25, -0.2) is 9.67 Å². The molecule has 0 spiro atoms. The number of nitrogens with one attached hydrogen (secondary N) is 1. The first-order valence-electron chi connectivity index (χ1n) is 8.19. The quantitative estimate of drug-likeness (QED) is 0.821. The molecule has 0 saturated heterocycles. The summed E-state index contributed by atoms with van der Waals surface area (Å²) in [6.45, 7) is 6.94. The number of ether oxygens (including phenoxy) is 1. The highest BCUT2D eigenvalue weighted by Gasteiger charge is 2.22. The number of fused-ring (bicyclic) bond motifs is 1. The normalized spacial score (nSPS) is 13.5. The fourth-order valence-electron chi connectivity index (χ4n) is 2.86. The van der Waals surface area contributed by atoms with Crippen molar-refractivity contribution in [2.45, 2.75) is 46.2 Å². The van der Waals surface area contributed by atoms with Gasteiger partial charge in [0.2, 0.25) is 5.88 Å². The Hall–Kier alpha value is -2.31. The van der Waals surface area contributed by atoms with E-state index in [-0.39, 0.29) is 5.91 Å². The molecule has 124 valence electrons. The number of amides is 1. The van der Waals surface area contributed by atoms with Crippen molar-refractivity contribution in [3.63, 3.8) is 0 Å². The Morgan fingerprint density at radius 3 is 3.13 bits per heavy atom. The molecule has 0 bridgehead atoms. The molecule has 1 amide bonds. The summed E-state index contributed by atoms with van der Waals surface area (Å²) < 4.78 is 9.51. The molecule has 0 radical (unpaired) electrons. The van der Waals surface area contributed by atoms with E-state index in [1.54, 1.807) is 4.68 Å². The Balaban J connectivity index is 1.53. The first-order chi connectivity index (χ1) is 11.2. The van der Waals surface area contributed by atoms with Crippen LogP contribution in [-0.4, -0.2) is 38.4 Å². The molecule has 1 aliphatic rings. The fourth-order valence-corrected chi connectivity index (χ4v) is 2.86. The van der Waals surface area contributed by atoms with E-state index in [0.29, 0.717) is 18.8 Å². The zero-order valence-electron chi connectivity index (χ0n) is 13.7. The molecule has 3 heterocycles. The van der Waals surface area contributed by atoms with Crippen LogP contribution in [-0.2, 0) is 19.5 Å². The van der Waals surface area contributed by atoms with Crippen molar-refractivity contribution in [1.82, 2.24) is 24.6 Å². The third-order valence-corrected chi connectivity index (χ3v) is 4.08. The van der Waals surface area contributed by atoms with Crippen molar-refractivity contribution in [3.05, 3.63) is 29.5 Å². The average molecular weight is 317 g/mol. The fraction of sp³-hybridized carbons (Fsp3) is 0.562. The summed E-state index contributed by atoms with van der Waals surface area (Å²) in [4.78, 5) is 16.6. The number of hydrogen-bond acceptors (Lipinski definition) is 4. The predicted molar refractivity (Wildman–Crippen MR) is 85.6 cm³/mol. The van der Waals surface area contributed by atoms with Crippen LogP contribution in [0.4, 0.5) is 0 Å². The maximum Gasteiger partial charge on any atom is 0.272 e. The van der Waals surface area contributed by atoms with E-state index in [1.165, 1.54) is 0 Å².